The molecule has 3 aliphatic heterocycles. The largest absolute Gasteiger partial charge is 0.466 e. The van der Waals surface area contributed by atoms with E-state index >= 15 is 0 Å². The second-order valence-corrected chi connectivity index (χ2v) is 8.69. The molecule has 2 N–H and O–H groups in total. The Morgan fingerprint density at radius 1 is 1.23 bits per heavy atom. The highest BCUT2D eigenvalue weighted by Crippen LogP contribution is 2.64. The number of carbonyl (C=O) groups excluding carboxylic acids is 3. The van der Waals surface area contributed by atoms with Crippen molar-refractivity contribution in [3.8, 4) is 0 Å². The molecule has 0 saturated carbocycles. The molecule has 0 aliphatic carbocycles. The van der Waals surface area contributed by atoms with Crippen molar-refractivity contribution in [3.63, 3.8) is 0 Å². The Hall–Kier alpha value is -1.67. The number of hydrogen-bond acceptors (Lipinski definition) is 6. The van der Waals surface area contributed by atoms with Gasteiger partial charge in [-0.25, -0.2) is 0 Å². The fourth-order valence-corrected chi connectivity index (χ4v) is 5.77. The molecule has 2 unspecified atom stereocenters. The van der Waals surface area contributed by atoms with E-state index in [1.54, 1.807) is 6.92 Å². The number of fused-ring (bicyclic) bond motifs is 1. The Kier molecular flexibility index (Phi) is 7.07. The molecule has 3 saturated heterocycles. The molecular weight excluding hydrogens is 388 g/mol. The second kappa shape index (κ2) is 9.22. The van der Waals surface area contributed by atoms with Crippen LogP contribution in [0, 0.1) is 11.8 Å². The molecule has 0 radical (unpaired) electrons. The Morgan fingerprint density at radius 3 is 2.63 bits per heavy atom. The number of rotatable bonds is 11. The molecule has 3 aliphatic rings. The number of ether oxygens (including phenoxy) is 2. The van der Waals surface area contributed by atoms with Gasteiger partial charge in [0.1, 0.15) is 17.6 Å². The van der Waals surface area contributed by atoms with Crippen molar-refractivity contribution in [2.45, 2.75) is 83.0 Å². The molecule has 0 aromatic heterocycles. The van der Waals surface area contributed by atoms with Gasteiger partial charge in [-0.2, -0.15) is 0 Å². The normalized spacial score (nSPS) is 34.3. The quantitative estimate of drug-likeness (QED) is 0.384. The summed E-state index contributed by atoms with van der Waals surface area (Å²) >= 11 is 0. The third kappa shape index (κ3) is 3.51. The summed E-state index contributed by atoms with van der Waals surface area (Å²) in [7, 11) is 0. The lowest BCUT2D eigenvalue weighted by Crippen LogP contribution is -2.55. The molecule has 3 rings (SSSR count). The van der Waals surface area contributed by atoms with Crippen molar-refractivity contribution < 1.29 is 29.0 Å². The number of aliphatic hydroxyl groups excluding tert-OH is 1. The van der Waals surface area contributed by atoms with Crippen LogP contribution in [0.2, 0.25) is 0 Å². The Morgan fingerprint density at radius 2 is 2.00 bits per heavy atom. The summed E-state index contributed by atoms with van der Waals surface area (Å²) < 4.78 is 11.9. The van der Waals surface area contributed by atoms with Crippen LogP contribution in [0.25, 0.3) is 0 Å². The lowest BCUT2D eigenvalue weighted by atomic mass is 9.65. The molecule has 170 valence electrons. The predicted molar refractivity (Wildman–Crippen MR) is 109 cm³/mol. The number of nitrogens with zero attached hydrogens (tertiary/aromatic N) is 1. The van der Waals surface area contributed by atoms with Gasteiger partial charge in [-0.3, -0.25) is 14.4 Å². The van der Waals surface area contributed by atoms with Gasteiger partial charge in [0.2, 0.25) is 11.8 Å². The fourth-order valence-electron chi connectivity index (χ4n) is 5.77. The Balaban J connectivity index is 1.94. The van der Waals surface area contributed by atoms with E-state index in [9.17, 15) is 19.5 Å². The number of nitrogens with one attached hydrogen (secondary N) is 1. The lowest BCUT2D eigenvalue weighted by molar-refractivity contribution is -0.160. The first-order valence-corrected chi connectivity index (χ1v) is 11.5. The third-order valence-electron chi connectivity index (χ3n) is 7.11. The van der Waals surface area contributed by atoms with Crippen LogP contribution in [-0.4, -0.2) is 71.3 Å². The van der Waals surface area contributed by atoms with Crippen LogP contribution in [0.4, 0.5) is 0 Å². The van der Waals surface area contributed by atoms with E-state index in [-0.39, 0.29) is 31.6 Å². The molecule has 3 heterocycles. The zero-order chi connectivity index (χ0) is 21.9. The molecule has 8 heteroatoms. The van der Waals surface area contributed by atoms with Crippen LogP contribution in [0.1, 0.15) is 65.7 Å². The van der Waals surface area contributed by atoms with Gasteiger partial charge in [0.15, 0.2) is 0 Å². The van der Waals surface area contributed by atoms with Crippen molar-refractivity contribution in [2.75, 3.05) is 26.3 Å². The third-order valence-corrected chi connectivity index (χ3v) is 7.11. The molecule has 2 bridgehead atoms. The van der Waals surface area contributed by atoms with Gasteiger partial charge in [0.25, 0.3) is 0 Å². The fraction of sp³-hybridized carbons (Fsp3) is 0.864. The zero-order valence-electron chi connectivity index (χ0n) is 18.4. The summed E-state index contributed by atoms with van der Waals surface area (Å²) in [5, 5.41) is 12.3. The first-order chi connectivity index (χ1) is 14.4. The summed E-state index contributed by atoms with van der Waals surface area (Å²) in [6.45, 7) is 6.77. The van der Waals surface area contributed by atoms with E-state index in [0.29, 0.717) is 32.2 Å². The van der Waals surface area contributed by atoms with Crippen LogP contribution >= 0.6 is 0 Å². The van der Waals surface area contributed by atoms with Gasteiger partial charge in [0.05, 0.1) is 18.1 Å². The number of likely N-dealkylation sites (tertiary alicyclic amines) is 1. The first-order valence-electron chi connectivity index (χ1n) is 11.5. The van der Waals surface area contributed by atoms with E-state index in [1.165, 1.54) is 4.90 Å². The summed E-state index contributed by atoms with van der Waals surface area (Å²) in [4.78, 5) is 41.3. The van der Waals surface area contributed by atoms with Crippen molar-refractivity contribution in [1.82, 2.24) is 10.2 Å². The summed E-state index contributed by atoms with van der Waals surface area (Å²) in [6.07, 6.45) is 5.10. The maximum Gasteiger partial charge on any atom is 0.312 e. The molecule has 5 atom stereocenters. The molecule has 8 nitrogen and oxygen atoms in total. The standard InChI is InChI=1S/C22H36N2O6/c1-4-7-8-12-23-18(26)17-22-11-10-21(5-2,30-22)16(20(28)29-6-3)15(22)19(27)24(17)13-9-14-25/h15-17,25H,4-14H2,1-3H3,(H,23,26)/t15-,16+,17?,21-,22?/m0/s1. The lowest BCUT2D eigenvalue weighted by Gasteiger charge is -2.33. The number of aliphatic hydroxyl groups is 1. The summed E-state index contributed by atoms with van der Waals surface area (Å²) in [5.41, 5.74) is -1.76. The van der Waals surface area contributed by atoms with Crippen LogP contribution < -0.4 is 5.32 Å². The van der Waals surface area contributed by atoms with E-state index in [0.717, 1.165) is 19.3 Å². The second-order valence-electron chi connectivity index (χ2n) is 8.69. The minimum atomic E-state index is -1.01. The van der Waals surface area contributed by atoms with Crippen LogP contribution in [-0.2, 0) is 23.9 Å². The van der Waals surface area contributed by atoms with Gasteiger partial charge in [-0.1, -0.05) is 26.7 Å². The molecule has 0 aromatic carbocycles. The van der Waals surface area contributed by atoms with E-state index in [2.05, 4.69) is 12.2 Å². The molecule has 30 heavy (non-hydrogen) atoms. The summed E-state index contributed by atoms with van der Waals surface area (Å²) in [5.74, 6) is -2.28. The van der Waals surface area contributed by atoms with Crippen molar-refractivity contribution in [1.29, 1.82) is 0 Å². The smallest absolute Gasteiger partial charge is 0.312 e. The number of esters is 1. The Bertz CT molecular complexity index is 670. The number of hydrogen-bond donors (Lipinski definition) is 2. The topological polar surface area (TPSA) is 105 Å². The van der Waals surface area contributed by atoms with E-state index < -0.39 is 35.0 Å². The van der Waals surface area contributed by atoms with Gasteiger partial charge < -0.3 is 24.8 Å². The van der Waals surface area contributed by atoms with Crippen molar-refractivity contribution in [2.24, 2.45) is 11.8 Å². The predicted octanol–water partition coefficient (Wildman–Crippen LogP) is 1.39. The van der Waals surface area contributed by atoms with Gasteiger partial charge in [0, 0.05) is 19.7 Å². The molecule has 2 amide bonds. The highest BCUT2D eigenvalue weighted by Gasteiger charge is 2.78. The molecule has 1 spiro atoms. The number of amides is 2. The molecule has 3 fully saturated rings. The summed E-state index contributed by atoms with van der Waals surface area (Å²) in [6, 6.07) is -0.781. The maximum absolute atomic E-state index is 13.5. The first kappa shape index (κ1) is 23.0. The highest BCUT2D eigenvalue weighted by molar-refractivity contribution is 5.98. The number of unbranched alkanes of at least 4 members (excludes halogenated alkanes) is 2. The number of carbonyl (C=O) groups is 3. The average molecular weight is 425 g/mol. The Labute approximate surface area is 178 Å². The van der Waals surface area contributed by atoms with Crippen LogP contribution in [0.15, 0.2) is 0 Å². The van der Waals surface area contributed by atoms with Gasteiger partial charge in [-0.15, -0.1) is 0 Å². The van der Waals surface area contributed by atoms with E-state index in [1.807, 2.05) is 6.92 Å². The van der Waals surface area contributed by atoms with Crippen molar-refractivity contribution >= 4 is 17.8 Å². The highest BCUT2D eigenvalue weighted by atomic mass is 16.6. The SMILES string of the molecule is CCCCCNC(=O)C1N(CCCO)C(=O)[C@@H]2[C@H](C(=O)OCC)[C@]3(CC)CCC12O3. The van der Waals surface area contributed by atoms with Crippen LogP contribution in [0.5, 0.6) is 0 Å². The average Bonchev–Trinajstić information content (AvgIpc) is 3.33. The van der Waals surface area contributed by atoms with E-state index in [4.69, 9.17) is 9.47 Å². The maximum atomic E-state index is 13.5. The minimum absolute atomic E-state index is 0.0760. The minimum Gasteiger partial charge on any atom is -0.466 e. The van der Waals surface area contributed by atoms with Crippen molar-refractivity contribution in [3.05, 3.63) is 0 Å². The monoisotopic (exact) mass is 424 g/mol. The zero-order valence-corrected chi connectivity index (χ0v) is 18.4. The van der Waals surface area contributed by atoms with Gasteiger partial charge in [-0.05, 0) is 39.0 Å². The van der Waals surface area contributed by atoms with Gasteiger partial charge >= 0.3 is 5.97 Å². The molecule has 0 aromatic rings. The van der Waals surface area contributed by atoms with Crippen LogP contribution in [0.3, 0.4) is 0 Å². The molecular formula is C22H36N2O6.